The molecule has 0 fully saturated rings. The second-order valence-electron chi connectivity index (χ2n) is 4.12. The van der Waals surface area contributed by atoms with E-state index in [9.17, 15) is 14.0 Å². The first-order valence-corrected chi connectivity index (χ1v) is 5.57. The summed E-state index contributed by atoms with van der Waals surface area (Å²) in [6.45, 7) is 0. The molecule has 3 N–H and O–H groups in total. The molecule has 0 radical (unpaired) electrons. The number of nitrogens with zero attached hydrogens (tertiary/aromatic N) is 1. The van der Waals surface area contributed by atoms with Crippen molar-refractivity contribution in [3.8, 4) is 0 Å². The van der Waals surface area contributed by atoms with Crippen LogP contribution in [0.3, 0.4) is 0 Å². The average molecular weight is 260 g/mol. The number of aromatic nitrogens is 4. The number of hydrogen-bond acceptors (Lipinski definition) is 3. The van der Waals surface area contributed by atoms with Crippen LogP contribution in [0.1, 0.15) is 11.4 Å². The van der Waals surface area contributed by atoms with Gasteiger partial charge >= 0.3 is 5.69 Å². The standard InChI is InChI=1S/C12H9FN4O2/c13-7-3-1-2-6(4-7)5-8-14-9-10(15-8)16-12(19)17-11(9)18/h1-4H,5H2,(H3,14,15,16,17,18,19). The number of benzene rings is 1. The second kappa shape index (κ2) is 4.20. The summed E-state index contributed by atoms with van der Waals surface area (Å²) in [4.78, 5) is 34.1. The van der Waals surface area contributed by atoms with Gasteiger partial charge < -0.3 is 4.98 Å². The topological polar surface area (TPSA) is 94.4 Å². The molecule has 2 heterocycles. The van der Waals surface area contributed by atoms with Crippen LogP contribution in [0, 0.1) is 5.82 Å². The monoisotopic (exact) mass is 260 g/mol. The van der Waals surface area contributed by atoms with E-state index < -0.39 is 11.2 Å². The Morgan fingerprint density at radius 2 is 2.00 bits per heavy atom. The van der Waals surface area contributed by atoms with E-state index in [0.717, 1.165) is 5.56 Å². The van der Waals surface area contributed by atoms with E-state index in [1.54, 1.807) is 12.1 Å². The van der Waals surface area contributed by atoms with Crippen LogP contribution in [0.5, 0.6) is 0 Å². The van der Waals surface area contributed by atoms with Crippen LogP contribution in [0.4, 0.5) is 4.39 Å². The first-order chi connectivity index (χ1) is 9.11. The molecular weight excluding hydrogens is 251 g/mol. The Kier molecular flexibility index (Phi) is 2.52. The van der Waals surface area contributed by atoms with Gasteiger partial charge in [-0.3, -0.25) is 14.8 Å². The Hall–Kier alpha value is -2.70. The molecular formula is C12H9FN4O2. The van der Waals surface area contributed by atoms with Crippen molar-refractivity contribution in [3.05, 3.63) is 62.3 Å². The molecule has 3 aromatic rings. The van der Waals surface area contributed by atoms with Crippen molar-refractivity contribution in [1.29, 1.82) is 0 Å². The molecule has 0 unspecified atom stereocenters. The summed E-state index contributed by atoms with van der Waals surface area (Å²) < 4.78 is 13.1. The normalized spacial score (nSPS) is 11.0. The Bertz CT molecular complexity index is 862. The molecule has 0 saturated heterocycles. The average Bonchev–Trinajstić information content (AvgIpc) is 2.71. The molecule has 6 nitrogen and oxygen atoms in total. The molecule has 0 atom stereocenters. The molecule has 96 valence electrons. The predicted molar refractivity (Wildman–Crippen MR) is 66.5 cm³/mol. The SMILES string of the molecule is O=c1[nH]c(=O)c2[nH]c(Cc3cccc(F)c3)nc2[nH]1. The van der Waals surface area contributed by atoms with Crippen LogP contribution < -0.4 is 11.2 Å². The van der Waals surface area contributed by atoms with Gasteiger partial charge in [0.25, 0.3) is 5.56 Å². The Morgan fingerprint density at radius 3 is 2.79 bits per heavy atom. The fraction of sp³-hybridized carbons (Fsp3) is 0.0833. The lowest BCUT2D eigenvalue weighted by atomic mass is 10.1. The van der Waals surface area contributed by atoms with Crippen molar-refractivity contribution in [2.45, 2.75) is 6.42 Å². The number of imidazole rings is 1. The van der Waals surface area contributed by atoms with E-state index in [1.807, 2.05) is 0 Å². The van der Waals surface area contributed by atoms with E-state index in [1.165, 1.54) is 12.1 Å². The molecule has 0 aliphatic heterocycles. The zero-order chi connectivity index (χ0) is 13.4. The van der Waals surface area contributed by atoms with Gasteiger partial charge in [0.15, 0.2) is 5.65 Å². The zero-order valence-electron chi connectivity index (χ0n) is 9.66. The van der Waals surface area contributed by atoms with Crippen LogP contribution in [0.15, 0.2) is 33.9 Å². The van der Waals surface area contributed by atoms with E-state index in [0.29, 0.717) is 12.2 Å². The lowest BCUT2D eigenvalue weighted by Gasteiger charge is -1.97. The van der Waals surface area contributed by atoms with E-state index in [-0.39, 0.29) is 17.0 Å². The summed E-state index contributed by atoms with van der Waals surface area (Å²) in [7, 11) is 0. The molecule has 2 aromatic heterocycles. The van der Waals surface area contributed by atoms with Crippen molar-refractivity contribution in [1.82, 2.24) is 19.9 Å². The molecule has 0 spiro atoms. The van der Waals surface area contributed by atoms with E-state index in [2.05, 4.69) is 19.9 Å². The van der Waals surface area contributed by atoms with Crippen LogP contribution in [-0.2, 0) is 6.42 Å². The summed E-state index contributed by atoms with van der Waals surface area (Å²) in [5.41, 5.74) is -0.0259. The Balaban J connectivity index is 2.05. The van der Waals surface area contributed by atoms with E-state index >= 15 is 0 Å². The molecule has 0 aliphatic rings. The number of fused-ring (bicyclic) bond motifs is 1. The minimum absolute atomic E-state index is 0.195. The number of rotatable bonds is 2. The van der Waals surface area contributed by atoms with Crippen molar-refractivity contribution < 1.29 is 4.39 Å². The molecule has 1 aromatic carbocycles. The highest BCUT2D eigenvalue weighted by atomic mass is 19.1. The molecule has 19 heavy (non-hydrogen) atoms. The maximum Gasteiger partial charge on any atom is 0.327 e. The summed E-state index contributed by atoms with van der Waals surface area (Å²) >= 11 is 0. The number of aromatic amines is 3. The number of hydrogen-bond donors (Lipinski definition) is 3. The minimum Gasteiger partial charge on any atom is -0.336 e. The van der Waals surface area contributed by atoms with Crippen molar-refractivity contribution in [2.75, 3.05) is 0 Å². The fourth-order valence-electron chi connectivity index (χ4n) is 1.91. The molecule has 7 heteroatoms. The minimum atomic E-state index is -0.610. The van der Waals surface area contributed by atoms with E-state index in [4.69, 9.17) is 0 Å². The maximum atomic E-state index is 13.1. The smallest absolute Gasteiger partial charge is 0.327 e. The van der Waals surface area contributed by atoms with Gasteiger partial charge in [0, 0.05) is 6.42 Å². The highest BCUT2D eigenvalue weighted by Gasteiger charge is 2.08. The highest BCUT2D eigenvalue weighted by Crippen LogP contribution is 2.10. The van der Waals surface area contributed by atoms with Gasteiger partial charge in [-0.05, 0) is 17.7 Å². The van der Waals surface area contributed by atoms with Crippen LogP contribution >= 0.6 is 0 Å². The van der Waals surface area contributed by atoms with Gasteiger partial charge in [-0.15, -0.1) is 0 Å². The predicted octanol–water partition coefficient (Wildman–Crippen LogP) is 0.669. The summed E-state index contributed by atoms with van der Waals surface area (Å²) in [5.74, 6) is 0.146. The Morgan fingerprint density at radius 1 is 1.16 bits per heavy atom. The van der Waals surface area contributed by atoms with Gasteiger partial charge in [0.2, 0.25) is 0 Å². The van der Waals surface area contributed by atoms with Gasteiger partial charge in [0.1, 0.15) is 17.2 Å². The van der Waals surface area contributed by atoms with Crippen molar-refractivity contribution in [2.24, 2.45) is 0 Å². The third-order valence-corrected chi connectivity index (χ3v) is 2.70. The van der Waals surface area contributed by atoms with Crippen molar-refractivity contribution in [3.63, 3.8) is 0 Å². The number of halogens is 1. The zero-order valence-corrected chi connectivity index (χ0v) is 9.66. The van der Waals surface area contributed by atoms with Crippen LogP contribution in [0.2, 0.25) is 0 Å². The van der Waals surface area contributed by atoms with Gasteiger partial charge in [-0.25, -0.2) is 14.2 Å². The quantitative estimate of drug-likeness (QED) is 0.632. The third kappa shape index (κ3) is 2.17. The summed E-state index contributed by atoms with van der Waals surface area (Å²) in [5, 5.41) is 0. The lowest BCUT2D eigenvalue weighted by Crippen LogP contribution is -2.21. The maximum absolute atomic E-state index is 13.1. The molecule has 0 amide bonds. The second-order valence-corrected chi connectivity index (χ2v) is 4.12. The molecule has 3 rings (SSSR count). The van der Waals surface area contributed by atoms with Gasteiger partial charge in [-0.2, -0.15) is 0 Å². The van der Waals surface area contributed by atoms with Crippen LogP contribution in [-0.4, -0.2) is 19.9 Å². The Labute approximate surface area is 105 Å². The first-order valence-electron chi connectivity index (χ1n) is 5.57. The molecule has 0 saturated carbocycles. The van der Waals surface area contributed by atoms with Gasteiger partial charge in [0.05, 0.1) is 0 Å². The van der Waals surface area contributed by atoms with Crippen LogP contribution in [0.25, 0.3) is 11.2 Å². The fourth-order valence-corrected chi connectivity index (χ4v) is 1.91. The summed E-state index contributed by atoms with van der Waals surface area (Å²) in [6, 6.07) is 6.09. The summed E-state index contributed by atoms with van der Waals surface area (Å²) in [6.07, 6.45) is 0.341. The van der Waals surface area contributed by atoms with Crippen molar-refractivity contribution >= 4 is 11.2 Å². The highest BCUT2D eigenvalue weighted by molar-refractivity contribution is 5.68. The number of H-pyrrole nitrogens is 3. The lowest BCUT2D eigenvalue weighted by molar-refractivity contribution is 0.626. The molecule has 0 aliphatic carbocycles. The van der Waals surface area contributed by atoms with Gasteiger partial charge in [-0.1, -0.05) is 12.1 Å². The number of nitrogens with one attached hydrogen (secondary N) is 3. The first kappa shape index (κ1) is 11.4. The largest absolute Gasteiger partial charge is 0.336 e. The third-order valence-electron chi connectivity index (χ3n) is 2.70. The molecule has 0 bridgehead atoms.